The third-order valence-electron chi connectivity index (χ3n) is 8.19. The van der Waals surface area contributed by atoms with Crippen molar-refractivity contribution in [1.82, 2.24) is 20.2 Å². The highest BCUT2D eigenvalue weighted by atomic mass is 16.2. The Labute approximate surface area is 272 Å². The largest absolute Gasteiger partial charge is 0.444 e. The van der Waals surface area contributed by atoms with Gasteiger partial charge in [-0.2, -0.15) is 5.10 Å². The molecule has 0 saturated carbocycles. The molecule has 0 fully saturated rings. The molecule has 2 aromatic carbocycles. The van der Waals surface area contributed by atoms with Crippen LogP contribution in [0.5, 0.6) is 0 Å². The fraction of sp³-hybridized carbons (Fsp3) is 0.189. The Bertz CT molecular complexity index is 1790. The van der Waals surface area contributed by atoms with E-state index in [1.165, 1.54) is 11.1 Å². The van der Waals surface area contributed by atoms with Gasteiger partial charge in [0.1, 0.15) is 17.3 Å². The lowest BCUT2D eigenvalue weighted by Crippen LogP contribution is -2.50. The number of aromatic nitrogens is 4. The van der Waals surface area contributed by atoms with Crippen molar-refractivity contribution in [3.8, 4) is 0 Å². The second-order valence-electron chi connectivity index (χ2n) is 11.5. The summed E-state index contributed by atoms with van der Waals surface area (Å²) in [4.78, 5) is 22.9. The van der Waals surface area contributed by atoms with Crippen LogP contribution in [0.1, 0.15) is 47.6 Å². The minimum Gasteiger partial charge on any atom is -0.444 e. The summed E-state index contributed by atoms with van der Waals surface area (Å²) < 4.78 is 2.44. The lowest BCUT2D eigenvalue weighted by Gasteiger charge is -2.35. The Morgan fingerprint density at radius 2 is 1.61 bits per heavy atom. The average Bonchev–Trinajstić information content (AvgIpc) is 3.61. The second kappa shape index (κ2) is 15.2. The van der Waals surface area contributed by atoms with E-state index in [9.17, 15) is 4.79 Å². The van der Waals surface area contributed by atoms with E-state index in [1.807, 2.05) is 31.3 Å². The number of anilines is 2. The first kappa shape index (κ1) is 32.2. The fourth-order valence-electron chi connectivity index (χ4n) is 6.06. The number of pyridine rings is 2. The number of nitrogens with one attached hydrogen (secondary N) is 2. The molecular formula is C37H40B2N6O. The minimum absolute atomic E-state index is 0.114. The van der Waals surface area contributed by atoms with Crippen LogP contribution in [0.2, 0.25) is 13.6 Å². The van der Waals surface area contributed by atoms with E-state index in [0.717, 1.165) is 52.5 Å². The molecule has 46 heavy (non-hydrogen) atoms. The first-order valence-corrected chi connectivity index (χ1v) is 15.9. The Morgan fingerprint density at radius 1 is 0.957 bits per heavy atom. The molecule has 5 rings (SSSR count). The number of hydrogen-bond acceptors (Lipinski definition) is 5. The summed E-state index contributed by atoms with van der Waals surface area (Å²) in [7, 11) is 0. The maximum Gasteiger partial charge on any atom is 0.277 e. The molecule has 9 heteroatoms. The number of fused-ring (bicyclic) bond motifs is 1. The van der Waals surface area contributed by atoms with Crippen molar-refractivity contribution in [2.75, 3.05) is 10.0 Å². The summed E-state index contributed by atoms with van der Waals surface area (Å²) in [5, 5.41) is 11.4. The maximum atomic E-state index is 12.9. The van der Waals surface area contributed by atoms with Crippen LogP contribution in [0.15, 0.2) is 122 Å². The van der Waals surface area contributed by atoms with Crippen LogP contribution in [0, 0.1) is 0 Å². The van der Waals surface area contributed by atoms with Crippen LogP contribution in [0.25, 0.3) is 16.3 Å². The van der Waals surface area contributed by atoms with Gasteiger partial charge in [-0.25, -0.2) is 9.97 Å². The summed E-state index contributed by atoms with van der Waals surface area (Å²) in [6.07, 6.45) is 12.0. The molecule has 1 amide bonds. The van der Waals surface area contributed by atoms with Crippen LogP contribution in [-0.4, -0.2) is 39.8 Å². The van der Waals surface area contributed by atoms with Crippen LogP contribution in [0.3, 0.4) is 0 Å². The zero-order chi connectivity index (χ0) is 32.5. The number of nitrogens with zero attached hydrogens (tertiary/aromatic N) is 4. The van der Waals surface area contributed by atoms with E-state index in [4.69, 9.17) is 4.98 Å². The number of carbonyl (C=O) groups excluding carboxylic acids is 1. The average molecular weight is 606 g/mol. The summed E-state index contributed by atoms with van der Waals surface area (Å²) in [6.45, 7) is 13.1. The number of benzene rings is 2. The molecule has 5 aromatic rings. The van der Waals surface area contributed by atoms with Gasteiger partial charge < -0.3 is 10.0 Å². The molecule has 0 bridgehead atoms. The normalized spacial score (nSPS) is 11.7. The summed E-state index contributed by atoms with van der Waals surface area (Å²) in [5.74, 6) is 0.968. The van der Waals surface area contributed by atoms with Gasteiger partial charge in [-0.15, -0.1) is 0 Å². The molecule has 3 aromatic heterocycles. The highest BCUT2D eigenvalue weighted by molar-refractivity contribution is 6.82. The van der Waals surface area contributed by atoms with Crippen molar-refractivity contribution in [2.24, 2.45) is 0 Å². The number of aromatic amines is 1. The van der Waals surface area contributed by atoms with Gasteiger partial charge in [-0.05, 0) is 55.1 Å². The monoisotopic (exact) mass is 606 g/mol. The number of amides is 1. The topological polar surface area (TPSA) is 86.8 Å². The van der Waals surface area contributed by atoms with Crippen molar-refractivity contribution in [3.63, 3.8) is 0 Å². The number of allylic oxidation sites excluding steroid dienone is 5. The molecule has 0 atom stereocenters. The summed E-state index contributed by atoms with van der Waals surface area (Å²) in [5.41, 5.74) is 5.78. The summed E-state index contributed by atoms with van der Waals surface area (Å²) >= 11 is 0. The second-order valence-corrected chi connectivity index (χ2v) is 11.5. The molecular weight excluding hydrogens is 566 g/mol. The highest BCUT2D eigenvalue weighted by Crippen LogP contribution is 2.33. The van der Waals surface area contributed by atoms with E-state index in [-0.39, 0.29) is 19.6 Å². The number of carbonyl (C=O) groups is 1. The predicted molar refractivity (Wildman–Crippen MR) is 194 cm³/mol. The molecule has 7 nitrogen and oxygen atoms in total. The summed E-state index contributed by atoms with van der Waals surface area (Å²) in [6, 6.07) is 26.8. The van der Waals surface area contributed by atoms with E-state index in [1.54, 1.807) is 12.3 Å². The van der Waals surface area contributed by atoms with Gasteiger partial charge in [0, 0.05) is 23.4 Å². The predicted octanol–water partition coefficient (Wildman–Crippen LogP) is 8.14. The first-order chi connectivity index (χ1) is 22.4. The molecule has 0 spiro atoms. The maximum absolute atomic E-state index is 12.9. The molecule has 230 valence electrons. The van der Waals surface area contributed by atoms with Crippen molar-refractivity contribution in [2.45, 2.75) is 46.6 Å². The molecule has 0 aliphatic carbocycles. The highest BCUT2D eigenvalue weighted by Gasteiger charge is 2.30. The zero-order valence-corrected chi connectivity index (χ0v) is 27.1. The number of H-pyrrole nitrogens is 1. The van der Waals surface area contributed by atoms with Crippen LogP contribution < -0.4 is 10.0 Å². The third kappa shape index (κ3) is 7.54. The number of rotatable bonds is 13. The van der Waals surface area contributed by atoms with Crippen LogP contribution in [0.4, 0.5) is 11.6 Å². The molecule has 0 saturated heterocycles. The van der Waals surface area contributed by atoms with Gasteiger partial charge in [0.2, 0.25) is 13.7 Å². The molecule has 3 heterocycles. The van der Waals surface area contributed by atoms with Crippen molar-refractivity contribution < 1.29 is 4.79 Å². The number of hydrogen-bond donors (Lipinski definition) is 2. The van der Waals surface area contributed by atoms with E-state index in [0.29, 0.717) is 11.5 Å². The standard InChI is InChI=1S/C37H40B2N6O/c1-6-15-29(7-2)31(8-3)34-22-30-23-35(43-37(46)33-20-21-41-44-33)40-26-32(30)36(42-34)45(38(4)24-27-16-11-9-12-17-27)39(5)25-28-18-13-10-14-19-28/h6,8-23,26H,3,7,24-25H2,1-2,4-5H3,(H,41,44)(H,40,43,46)/b15-6-,31-29+. The molecule has 0 unspecified atom stereocenters. The molecule has 0 radical (unpaired) electrons. The quantitative estimate of drug-likeness (QED) is 0.104. The lowest BCUT2D eigenvalue weighted by atomic mass is 9.45. The fourth-order valence-corrected chi connectivity index (χ4v) is 6.06. The lowest BCUT2D eigenvalue weighted by molar-refractivity contribution is 0.102. The van der Waals surface area contributed by atoms with Gasteiger partial charge in [-0.3, -0.25) is 9.89 Å². The van der Waals surface area contributed by atoms with Gasteiger partial charge >= 0.3 is 0 Å². The van der Waals surface area contributed by atoms with Crippen molar-refractivity contribution in [1.29, 1.82) is 0 Å². The Hall–Kier alpha value is -5.17. The van der Waals surface area contributed by atoms with Crippen molar-refractivity contribution >= 4 is 47.6 Å². The van der Waals surface area contributed by atoms with E-state index < -0.39 is 0 Å². The van der Waals surface area contributed by atoms with E-state index >= 15 is 0 Å². The van der Waals surface area contributed by atoms with Gasteiger partial charge in [0.15, 0.2) is 0 Å². The molecule has 2 N–H and O–H groups in total. The SMILES string of the molecule is C=C/C(=C(\C=C/C)CC)c1cc2cc(NC(=O)c3cc[nH]n3)ncc2c(N(B(C)Cc2ccccc2)B(C)Cc2ccccc2)n1. The Morgan fingerprint density at radius 3 is 2.15 bits per heavy atom. The van der Waals surface area contributed by atoms with E-state index in [2.05, 4.69) is 125 Å². The van der Waals surface area contributed by atoms with Gasteiger partial charge in [-0.1, -0.05) is 117 Å². The Kier molecular flexibility index (Phi) is 10.7. The minimum atomic E-state index is -0.328. The van der Waals surface area contributed by atoms with Gasteiger partial charge in [0.05, 0.1) is 5.69 Å². The molecule has 0 aliphatic rings. The van der Waals surface area contributed by atoms with Crippen molar-refractivity contribution in [3.05, 3.63) is 144 Å². The third-order valence-corrected chi connectivity index (χ3v) is 8.19. The smallest absolute Gasteiger partial charge is 0.277 e. The molecule has 0 aliphatic heterocycles. The first-order valence-electron chi connectivity index (χ1n) is 15.9. The Balaban J connectivity index is 1.69. The zero-order valence-electron chi connectivity index (χ0n) is 27.1. The van der Waals surface area contributed by atoms with Gasteiger partial charge in [0.25, 0.3) is 5.91 Å². The van der Waals surface area contributed by atoms with Crippen LogP contribution in [-0.2, 0) is 12.6 Å². The van der Waals surface area contributed by atoms with Crippen LogP contribution >= 0.6 is 0 Å².